The largest absolute Gasteiger partial charge is 0.486 e. The summed E-state index contributed by atoms with van der Waals surface area (Å²) in [6, 6.07) is 11.2. The maximum Gasteiger partial charge on any atom is 0.410 e. The zero-order chi connectivity index (χ0) is 39.0. The summed E-state index contributed by atoms with van der Waals surface area (Å²) in [5.41, 5.74) is 5.09. The van der Waals surface area contributed by atoms with Crippen LogP contribution in [0.3, 0.4) is 0 Å². The Balaban J connectivity index is 0.00000150. The Bertz CT molecular complexity index is 2260. The normalized spacial score (nSPS) is 17.7. The van der Waals surface area contributed by atoms with E-state index in [-0.39, 0.29) is 55.7 Å². The summed E-state index contributed by atoms with van der Waals surface area (Å²) < 4.78 is 34.2. The van der Waals surface area contributed by atoms with E-state index in [1.54, 1.807) is 13.1 Å². The van der Waals surface area contributed by atoms with E-state index < -0.39 is 5.60 Å². The zero-order valence-corrected chi connectivity index (χ0v) is 32.4. The molecule has 8 rings (SSSR count). The molecule has 12 heteroatoms. The van der Waals surface area contributed by atoms with Crippen molar-refractivity contribution in [2.75, 3.05) is 31.2 Å². The number of likely N-dealkylation sites (tertiary alicyclic amines) is 1. The van der Waals surface area contributed by atoms with Gasteiger partial charge in [-0.25, -0.2) is 9.18 Å². The standard InChI is InChI=1S/C40H41FN6O5.C3H8/c1-6-23-7-9-24(10-8-23)21-51-36-34(33-22(2)31(41)17-32-30(33)18-42-45-32)28(25-11-12-25)16-29-35(36)43-38(50-14-13-48)44-37(29)46-19-27-15-26(46)20-47(27)39(49)52-40(3,4)5;1-3-2/h1,7-10,16-18,25-27,48H,11-15,19-21H2,2-5H3,(H,42,45);3H2,1-2H3. The minimum Gasteiger partial charge on any atom is -0.486 e. The summed E-state index contributed by atoms with van der Waals surface area (Å²) >= 11 is 0. The molecule has 55 heavy (non-hydrogen) atoms. The summed E-state index contributed by atoms with van der Waals surface area (Å²) in [6.07, 6.45) is 11.0. The number of aliphatic hydroxyl groups is 1. The number of H-pyrrole nitrogens is 1. The summed E-state index contributed by atoms with van der Waals surface area (Å²) in [5, 5.41) is 18.4. The second kappa shape index (κ2) is 15.4. The van der Waals surface area contributed by atoms with Gasteiger partial charge in [0.25, 0.3) is 0 Å². The topological polar surface area (TPSA) is 126 Å². The van der Waals surface area contributed by atoms with Crippen LogP contribution in [0.2, 0.25) is 0 Å². The smallest absolute Gasteiger partial charge is 0.410 e. The van der Waals surface area contributed by atoms with Crippen LogP contribution in [-0.4, -0.2) is 80.3 Å². The summed E-state index contributed by atoms with van der Waals surface area (Å²) in [7, 11) is 0. The van der Waals surface area contributed by atoms with E-state index in [0.717, 1.165) is 52.3 Å². The fourth-order valence-electron chi connectivity index (χ4n) is 7.56. The van der Waals surface area contributed by atoms with Crippen LogP contribution in [0.15, 0.2) is 42.6 Å². The number of carbonyl (C=O) groups is 1. The molecule has 0 radical (unpaired) electrons. The molecule has 2 saturated heterocycles. The molecule has 4 heterocycles. The summed E-state index contributed by atoms with van der Waals surface area (Å²) in [6.45, 7) is 12.6. The number of terminal acetylenes is 1. The lowest BCUT2D eigenvalue weighted by Gasteiger charge is -2.36. The van der Waals surface area contributed by atoms with E-state index in [1.807, 2.05) is 49.9 Å². The Hall–Kier alpha value is -5.41. The van der Waals surface area contributed by atoms with Crippen molar-refractivity contribution in [2.24, 2.45) is 0 Å². The predicted molar refractivity (Wildman–Crippen MR) is 211 cm³/mol. The van der Waals surface area contributed by atoms with Gasteiger partial charge in [-0.2, -0.15) is 15.1 Å². The summed E-state index contributed by atoms with van der Waals surface area (Å²) in [5.74, 6) is 3.66. The Labute approximate surface area is 321 Å². The third-order valence-corrected chi connectivity index (χ3v) is 10.1. The second-order valence-corrected chi connectivity index (χ2v) is 15.6. The molecule has 1 saturated carbocycles. The average Bonchev–Trinajstić information content (AvgIpc) is 3.54. The Morgan fingerprint density at radius 2 is 1.80 bits per heavy atom. The number of anilines is 1. The van der Waals surface area contributed by atoms with Crippen LogP contribution >= 0.6 is 0 Å². The van der Waals surface area contributed by atoms with Gasteiger partial charge in [-0.3, -0.25) is 5.10 Å². The maximum absolute atomic E-state index is 15.7. The fraction of sp³-hybridized carbons (Fsp3) is 0.442. The van der Waals surface area contributed by atoms with Gasteiger partial charge in [0.1, 0.15) is 36.0 Å². The number of rotatable bonds is 9. The highest BCUT2D eigenvalue weighted by molar-refractivity contribution is 6.06. The molecule has 3 fully saturated rings. The van der Waals surface area contributed by atoms with E-state index >= 15 is 4.39 Å². The monoisotopic (exact) mass is 748 g/mol. The highest BCUT2D eigenvalue weighted by atomic mass is 19.1. The number of ether oxygens (including phenoxy) is 3. The van der Waals surface area contributed by atoms with Crippen LogP contribution in [0.25, 0.3) is 32.9 Å². The number of halogens is 1. The van der Waals surface area contributed by atoms with Crippen LogP contribution in [0.1, 0.15) is 88.5 Å². The fourth-order valence-corrected chi connectivity index (χ4v) is 7.56. The first-order valence-electron chi connectivity index (χ1n) is 19.1. The molecule has 5 aromatic rings. The molecule has 1 aliphatic carbocycles. The van der Waals surface area contributed by atoms with Crippen molar-refractivity contribution in [2.45, 2.75) is 97.4 Å². The van der Waals surface area contributed by atoms with Crippen molar-refractivity contribution in [3.8, 4) is 35.2 Å². The number of hydrogen-bond donors (Lipinski definition) is 2. The number of piperazine rings is 1. The van der Waals surface area contributed by atoms with Crippen LogP contribution < -0.4 is 14.4 Å². The van der Waals surface area contributed by atoms with Gasteiger partial charge in [0, 0.05) is 40.6 Å². The second-order valence-electron chi connectivity index (χ2n) is 15.6. The molecule has 0 spiro atoms. The number of hydrogen-bond acceptors (Lipinski definition) is 9. The number of aromatic amines is 1. The lowest BCUT2D eigenvalue weighted by molar-refractivity contribution is 0.0214. The number of amides is 1. The first-order chi connectivity index (χ1) is 26.4. The van der Waals surface area contributed by atoms with Crippen molar-refractivity contribution < 1.29 is 28.5 Å². The van der Waals surface area contributed by atoms with Gasteiger partial charge in [0.05, 0.1) is 30.4 Å². The van der Waals surface area contributed by atoms with Gasteiger partial charge in [-0.15, -0.1) is 6.42 Å². The molecular weight excluding hydrogens is 700 g/mol. The lowest BCUT2D eigenvalue weighted by Crippen LogP contribution is -2.50. The van der Waals surface area contributed by atoms with Gasteiger partial charge in [0.2, 0.25) is 0 Å². The van der Waals surface area contributed by atoms with Crippen LogP contribution in [0, 0.1) is 25.1 Å². The lowest BCUT2D eigenvalue weighted by atomic mass is 9.88. The Morgan fingerprint density at radius 3 is 2.44 bits per heavy atom. The molecule has 3 aliphatic rings. The molecule has 2 unspecified atom stereocenters. The van der Waals surface area contributed by atoms with Crippen LogP contribution in [0.5, 0.6) is 11.8 Å². The first-order valence-corrected chi connectivity index (χ1v) is 19.1. The molecule has 3 aromatic carbocycles. The predicted octanol–water partition coefficient (Wildman–Crippen LogP) is 8.04. The zero-order valence-electron chi connectivity index (χ0n) is 32.4. The third-order valence-electron chi connectivity index (χ3n) is 10.1. The molecule has 2 atom stereocenters. The van der Waals surface area contributed by atoms with Gasteiger partial charge < -0.3 is 29.1 Å². The van der Waals surface area contributed by atoms with Gasteiger partial charge in [0.15, 0.2) is 5.75 Å². The molecule has 2 N–H and O–H groups in total. The molecule has 2 bridgehead atoms. The molecule has 1 amide bonds. The number of aromatic nitrogens is 4. The number of nitrogens with one attached hydrogen (secondary N) is 1. The Morgan fingerprint density at radius 1 is 1.05 bits per heavy atom. The third kappa shape index (κ3) is 7.63. The van der Waals surface area contributed by atoms with Crippen molar-refractivity contribution in [1.82, 2.24) is 25.1 Å². The van der Waals surface area contributed by atoms with Crippen molar-refractivity contribution in [1.29, 1.82) is 0 Å². The first kappa shape index (κ1) is 37.9. The molecule has 11 nitrogen and oxygen atoms in total. The number of aliphatic hydroxyl groups excluding tert-OH is 1. The SMILES string of the molecule is C#Cc1ccc(COc2c(-c3c(C)c(F)cc4[nH]ncc34)c(C3CC3)cc3c(N4CC5CC4CN5C(=O)OC(C)(C)C)nc(OCCO)nc23)cc1.CCC. The number of nitrogens with zero attached hydrogens (tertiary/aromatic N) is 5. The van der Waals surface area contributed by atoms with E-state index in [2.05, 4.69) is 40.9 Å². The summed E-state index contributed by atoms with van der Waals surface area (Å²) in [4.78, 5) is 27.0. The van der Waals surface area contributed by atoms with Crippen molar-refractivity contribution >= 4 is 33.7 Å². The maximum atomic E-state index is 15.7. The number of carbonyl (C=O) groups excluding carboxylic acids is 1. The van der Waals surface area contributed by atoms with Crippen molar-refractivity contribution in [3.63, 3.8) is 0 Å². The van der Waals surface area contributed by atoms with Crippen molar-refractivity contribution in [3.05, 3.63) is 70.7 Å². The number of benzene rings is 3. The quantitative estimate of drug-likeness (QED) is 0.144. The van der Waals surface area contributed by atoms with E-state index in [0.29, 0.717) is 46.8 Å². The molecule has 2 aromatic heterocycles. The van der Waals surface area contributed by atoms with E-state index in [4.69, 9.17) is 30.6 Å². The Kier molecular flexibility index (Phi) is 10.6. The highest BCUT2D eigenvalue weighted by Gasteiger charge is 2.48. The van der Waals surface area contributed by atoms with Crippen LogP contribution in [-0.2, 0) is 11.3 Å². The van der Waals surface area contributed by atoms with Gasteiger partial charge >= 0.3 is 12.1 Å². The highest BCUT2D eigenvalue weighted by Crippen LogP contribution is 2.53. The number of fused-ring (bicyclic) bond motifs is 4. The average molecular weight is 749 g/mol. The molecule has 288 valence electrons. The van der Waals surface area contributed by atoms with E-state index in [9.17, 15) is 9.90 Å². The van der Waals surface area contributed by atoms with Gasteiger partial charge in [-0.05, 0) is 93.8 Å². The molecule has 2 aliphatic heterocycles. The van der Waals surface area contributed by atoms with Crippen LogP contribution in [0.4, 0.5) is 15.0 Å². The molecular formula is C43H49FN6O5. The minimum absolute atomic E-state index is 0.00714. The minimum atomic E-state index is -0.598. The van der Waals surface area contributed by atoms with Gasteiger partial charge in [-0.1, -0.05) is 38.3 Å². The van der Waals surface area contributed by atoms with E-state index in [1.165, 1.54) is 12.5 Å².